The first-order valence-corrected chi connectivity index (χ1v) is 48.4. The summed E-state index contributed by atoms with van der Waals surface area (Å²) in [6.07, 6.45) is 16.1. The number of anilines is 1. The monoisotopic (exact) mass is 1970 g/mol. The third kappa shape index (κ3) is 25.5. The molecule has 0 spiro atoms. The fourth-order valence-corrected chi connectivity index (χ4v) is 19.0. The molecule has 1 atom stereocenters. The number of likely N-dealkylation sites (N-methyl/N-ethyl adjacent to an activating group) is 1. The van der Waals surface area contributed by atoms with Gasteiger partial charge in [-0.1, -0.05) is 144 Å². The summed E-state index contributed by atoms with van der Waals surface area (Å²) in [6, 6.07) is 77.0. The molecule has 0 radical (unpaired) electrons. The van der Waals surface area contributed by atoms with Crippen LogP contribution in [0.15, 0.2) is 288 Å². The van der Waals surface area contributed by atoms with Crippen molar-refractivity contribution in [3.05, 3.63) is 306 Å². The maximum atomic E-state index is 12.2. The quantitative estimate of drug-likeness (QED) is 0.0189. The van der Waals surface area contributed by atoms with Gasteiger partial charge in [-0.15, -0.1) is 35.3 Å². The van der Waals surface area contributed by atoms with Crippen molar-refractivity contribution in [2.24, 2.45) is 0 Å². The maximum absolute atomic E-state index is 12.2. The fraction of sp³-hybridized carbons (Fsp3) is 0.198. The summed E-state index contributed by atoms with van der Waals surface area (Å²) < 4.78 is 23.2. The minimum atomic E-state index is -0.887. The van der Waals surface area contributed by atoms with Gasteiger partial charge in [-0.25, -0.2) is 14.8 Å². The van der Waals surface area contributed by atoms with E-state index in [1.165, 1.54) is 59.0 Å². The highest BCUT2D eigenvalue weighted by Gasteiger charge is 2.35. The maximum Gasteiger partial charge on any atom is 0.397 e. The number of aromatic nitrogens is 6. The molecule has 29 heteroatoms. The van der Waals surface area contributed by atoms with Gasteiger partial charge in [-0.3, -0.25) is 43.9 Å². The van der Waals surface area contributed by atoms with Crippen LogP contribution in [0, 0.1) is 56.7 Å². The summed E-state index contributed by atoms with van der Waals surface area (Å²) >= 11 is 18.3. The van der Waals surface area contributed by atoms with Crippen LogP contribution in [-0.2, 0) is 52.5 Å². The normalized spacial score (nSPS) is 11.2. The fourth-order valence-electron chi connectivity index (χ4n) is 14.7. The number of ether oxygens (including phenoxy) is 5. The molecule has 0 N–H and O–H groups in total. The van der Waals surface area contributed by atoms with Gasteiger partial charge in [0, 0.05) is 154 Å². The number of fused-ring (bicyclic) bond motifs is 6. The number of nitrogens with zero attached hydrogens (tertiary/aromatic N) is 12. The van der Waals surface area contributed by atoms with Crippen LogP contribution in [0.2, 0.25) is 10.0 Å². The van der Waals surface area contributed by atoms with Crippen molar-refractivity contribution in [2.45, 2.75) is 122 Å². The van der Waals surface area contributed by atoms with Crippen LogP contribution in [0.4, 0.5) is 5.69 Å². The van der Waals surface area contributed by atoms with Crippen molar-refractivity contribution in [1.82, 2.24) is 29.9 Å². The van der Waals surface area contributed by atoms with Gasteiger partial charge in [-0.05, 0) is 235 Å². The molecule has 16 aromatic rings. The van der Waals surface area contributed by atoms with Gasteiger partial charge < -0.3 is 28.6 Å². The Morgan fingerprint density at radius 2 is 0.807 bits per heavy atom. The SMILES string of the molecule is CCOC(=O)C(=O)N(C)c1ccc2cncc(-c3ccc(C#N)cc3)c2c1.CCOC(=O)C(C)(C)Sc1ccc2cncc(-c3ccc(C#N)c(Cl)c3)c2c1.CCOC(=O)C(C)(C)Sc1ccc2cncc(-c3ccc(C#N)cc3Cl)c2c1.CCOC(=O)C(C)(C)Sc1ncc2cccc(-c3ccc(C#N)cc3)c2n1.CCOC(=O)C(C)Sc1ccc2cncc(-c3ccc(C#N)c4ccccc34)c2c1. The number of pyridine rings is 4. The van der Waals surface area contributed by atoms with E-state index in [-0.39, 0.29) is 35.7 Å². The number of hydrogen-bond acceptors (Lipinski definition) is 26. The van der Waals surface area contributed by atoms with E-state index >= 15 is 0 Å². The molecule has 0 bridgehead atoms. The molecule has 16 rings (SSSR count). The summed E-state index contributed by atoms with van der Waals surface area (Å²) in [5.41, 5.74) is 13.4. The second-order valence-electron chi connectivity index (χ2n) is 32.6. The van der Waals surface area contributed by atoms with E-state index < -0.39 is 26.1 Å². The molecule has 0 aliphatic heterocycles. The van der Waals surface area contributed by atoms with Gasteiger partial charge in [0.15, 0.2) is 5.16 Å². The highest BCUT2D eigenvalue weighted by molar-refractivity contribution is 8.02. The first kappa shape index (κ1) is 104. The van der Waals surface area contributed by atoms with Crippen LogP contribution in [-0.4, -0.2) is 125 Å². The third-order valence-electron chi connectivity index (χ3n) is 21.8. The van der Waals surface area contributed by atoms with E-state index in [0.29, 0.717) is 75.1 Å². The first-order valence-electron chi connectivity index (χ1n) is 44.3. The van der Waals surface area contributed by atoms with E-state index in [1.54, 1.807) is 140 Å². The number of esters is 5. The molecule has 5 heterocycles. The van der Waals surface area contributed by atoms with Crippen molar-refractivity contribution in [2.75, 3.05) is 45.0 Å². The van der Waals surface area contributed by atoms with E-state index in [9.17, 15) is 34.0 Å². The minimum Gasteiger partial charge on any atom is -0.465 e. The van der Waals surface area contributed by atoms with Gasteiger partial charge in [-0.2, -0.15) is 26.3 Å². The largest absolute Gasteiger partial charge is 0.465 e. The zero-order valence-electron chi connectivity index (χ0n) is 78.8. The van der Waals surface area contributed by atoms with Crippen molar-refractivity contribution in [3.8, 4) is 86.0 Å². The molecule has 0 aliphatic rings. The lowest BCUT2D eigenvalue weighted by atomic mass is 9.93. The van der Waals surface area contributed by atoms with Crippen LogP contribution in [0.1, 0.15) is 111 Å². The molecule has 0 saturated heterocycles. The molecule has 702 valence electrons. The zero-order valence-corrected chi connectivity index (χ0v) is 83.5. The third-order valence-corrected chi connectivity index (χ3v) is 26.9. The summed E-state index contributed by atoms with van der Waals surface area (Å²) in [7, 11) is 1.53. The van der Waals surface area contributed by atoms with E-state index in [1.807, 2.05) is 206 Å². The second-order valence-corrected chi connectivity index (χ2v) is 39.8. The zero-order chi connectivity index (χ0) is 101. The van der Waals surface area contributed by atoms with E-state index in [2.05, 4.69) is 61.3 Å². The number of nitriles is 5. The summed E-state index contributed by atoms with van der Waals surface area (Å²) in [4.78, 5) is 103. The van der Waals surface area contributed by atoms with Crippen LogP contribution < -0.4 is 4.90 Å². The topological polar surface area (TPSA) is 348 Å². The standard InChI is InChI=1S/C25H20N2O2S.2C22H19ClN2O2S.C21H17N3O3.C21H19N3O2S/c1-3-29-25(28)16(2)30-19-10-8-18-14-27-15-24(23(18)12-19)22-11-9-17(13-26)20-6-4-5-7-21(20)22;1-4-27-21(26)22(2,3)28-16-7-6-15-12-25-13-19(18(15)10-16)17-8-5-14(11-24)9-20(17)23;1-4-27-21(26)22(2,3)28-17-8-7-16-12-25-13-19(18(16)10-17)14-5-6-15(11-24)20(23)9-14;1-3-27-21(26)20(25)24(2)17-9-8-16-12-23-13-19(18(16)10-17)15-6-4-14(11-22)5-7-15;1-4-26-19(25)21(2,3)27-20-23-13-16-6-5-7-17(18(16)24-20)15-10-8-14(12-22)9-11-15/h4-12,14-16H,3H2,1-2H3;2*5-10,12-13H,4H2,1-3H3;4-10,12-13H,3H2,1-2H3;5-11,13H,4H2,1-3H3. The molecule has 1 amide bonds. The minimum absolute atomic E-state index is 0.143. The van der Waals surface area contributed by atoms with Gasteiger partial charge in [0.05, 0.1) is 95.7 Å². The molecule has 0 aliphatic carbocycles. The number of rotatable bonds is 23. The summed E-state index contributed by atoms with van der Waals surface area (Å²) in [6.45, 7) is 23.3. The van der Waals surface area contributed by atoms with Gasteiger partial charge in [0.25, 0.3) is 0 Å². The molecular weight excluding hydrogens is 1880 g/mol. The Morgan fingerprint density at radius 3 is 1.31 bits per heavy atom. The molecule has 0 saturated carbocycles. The predicted molar refractivity (Wildman–Crippen MR) is 556 cm³/mol. The Labute approximate surface area is 838 Å². The van der Waals surface area contributed by atoms with Gasteiger partial charge in [0.1, 0.15) is 25.6 Å². The summed E-state index contributed by atoms with van der Waals surface area (Å²) in [5, 5.41) is 57.4. The highest BCUT2D eigenvalue weighted by Crippen LogP contribution is 2.44. The Hall–Kier alpha value is -15.1. The molecular formula is C111H94Cl2N12O11S4. The number of carbonyl (C=O) groups excluding carboxylic acids is 6. The Balaban J connectivity index is 0.000000157. The molecule has 5 aromatic heterocycles. The molecule has 140 heavy (non-hydrogen) atoms. The smallest absolute Gasteiger partial charge is 0.397 e. The predicted octanol–water partition coefficient (Wildman–Crippen LogP) is 25.6. The number of carbonyl (C=O) groups is 6. The lowest BCUT2D eigenvalue weighted by molar-refractivity contribution is -0.153. The van der Waals surface area contributed by atoms with Crippen molar-refractivity contribution >= 4 is 176 Å². The lowest BCUT2D eigenvalue weighted by Gasteiger charge is -2.22. The summed E-state index contributed by atoms with van der Waals surface area (Å²) in [5.74, 6) is -2.61. The molecule has 11 aromatic carbocycles. The Morgan fingerprint density at radius 1 is 0.371 bits per heavy atom. The Kier molecular flexibility index (Phi) is 35.4. The average Bonchev–Trinajstić information content (AvgIpc) is 0.763. The molecule has 23 nitrogen and oxygen atoms in total. The van der Waals surface area contributed by atoms with Crippen molar-refractivity contribution < 1.29 is 52.5 Å². The second kappa shape index (κ2) is 47.8. The Bertz CT molecular complexity index is 7630. The number of halogens is 2. The van der Waals surface area contributed by atoms with Crippen LogP contribution in [0.5, 0.6) is 0 Å². The van der Waals surface area contributed by atoms with Crippen LogP contribution >= 0.6 is 70.2 Å². The van der Waals surface area contributed by atoms with E-state index in [0.717, 1.165) is 135 Å². The number of benzene rings is 11. The van der Waals surface area contributed by atoms with Gasteiger partial charge in [0.2, 0.25) is 0 Å². The van der Waals surface area contributed by atoms with Crippen molar-refractivity contribution in [1.29, 1.82) is 26.3 Å². The molecule has 0 fully saturated rings. The average molecular weight is 1970 g/mol. The van der Waals surface area contributed by atoms with Gasteiger partial charge >= 0.3 is 35.8 Å². The first-order chi connectivity index (χ1) is 67.3. The highest BCUT2D eigenvalue weighted by atomic mass is 35.5. The van der Waals surface area contributed by atoms with Crippen LogP contribution in [0.3, 0.4) is 0 Å². The lowest BCUT2D eigenvalue weighted by Crippen LogP contribution is -2.34. The molecule has 1 unspecified atom stereocenters. The van der Waals surface area contributed by atoms with Crippen LogP contribution in [0.25, 0.3) is 120 Å². The number of thioether (sulfide) groups is 4. The van der Waals surface area contributed by atoms with E-state index in [4.69, 9.17) is 72.9 Å². The number of para-hydroxylation sites is 1. The van der Waals surface area contributed by atoms with Crippen molar-refractivity contribution in [3.63, 3.8) is 0 Å². The number of amides is 1. The number of hydrogen-bond donors (Lipinski definition) is 0.